The van der Waals surface area contributed by atoms with E-state index in [-0.39, 0.29) is 17.6 Å². The van der Waals surface area contributed by atoms with E-state index in [0.717, 1.165) is 11.1 Å². The van der Waals surface area contributed by atoms with Crippen LogP contribution in [0, 0.1) is 11.6 Å². The molecule has 1 aliphatic heterocycles. The minimum absolute atomic E-state index is 0.139. The number of benzene rings is 3. The molecule has 2 amide bonds. The van der Waals surface area contributed by atoms with Gasteiger partial charge in [-0.3, -0.25) is 9.59 Å². The first-order valence-electron chi connectivity index (χ1n) is 10.3. The highest BCUT2D eigenvalue weighted by Gasteiger charge is 2.27. The Labute approximate surface area is 184 Å². The van der Waals surface area contributed by atoms with Crippen LogP contribution in [0.1, 0.15) is 28.4 Å². The van der Waals surface area contributed by atoms with E-state index >= 15 is 0 Å². The standard InChI is InChI=1S/C25H22F2N2O3/c1-16-25(31)29(13-12-17-2-6-20(26)7-3-17)15-19-14-22(10-11-23(19)32-16)28-24(30)18-4-8-21(27)9-5-18/h2-11,14,16H,12-13,15H2,1H3,(H,28,30)/t16-/m1/s1. The molecule has 7 heteroatoms. The Morgan fingerprint density at radius 2 is 1.69 bits per heavy atom. The lowest BCUT2D eigenvalue weighted by Gasteiger charge is -2.22. The minimum atomic E-state index is -0.649. The molecule has 32 heavy (non-hydrogen) atoms. The highest BCUT2D eigenvalue weighted by molar-refractivity contribution is 6.04. The van der Waals surface area contributed by atoms with Gasteiger partial charge in [-0.25, -0.2) is 8.78 Å². The Morgan fingerprint density at radius 3 is 2.38 bits per heavy atom. The number of anilines is 1. The molecule has 0 aromatic heterocycles. The van der Waals surface area contributed by atoms with Gasteiger partial charge in [-0.2, -0.15) is 0 Å². The monoisotopic (exact) mass is 436 g/mol. The number of ether oxygens (including phenoxy) is 1. The Hall–Kier alpha value is -3.74. The first-order valence-corrected chi connectivity index (χ1v) is 10.3. The van der Waals surface area contributed by atoms with Gasteiger partial charge >= 0.3 is 0 Å². The fraction of sp³-hybridized carbons (Fsp3) is 0.200. The summed E-state index contributed by atoms with van der Waals surface area (Å²) in [5, 5.41) is 2.79. The predicted molar refractivity (Wildman–Crippen MR) is 116 cm³/mol. The normalized spacial score (nSPS) is 15.5. The summed E-state index contributed by atoms with van der Waals surface area (Å²) in [5.41, 5.74) is 2.57. The van der Waals surface area contributed by atoms with Gasteiger partial charge < -0.3 is 15.0 Å². The van der Waals surface area contributed by atoms with Crippen LogP contribution in [0.15, 0.2) is 66.7 Å². The van der Waals surface area contributed by atoms with Gasteiger partial charge in [0.2, 0.25) is 0 Å². The van der Waals surface area contributed by atoms with Crippen LogP contribution in [0.5, 0.6) is 5.75 Å². The molecule has 4 rings (SSSR count). The minimum Gasteiger partial charge on any atom is -0.481 e. The summed E-state index contributed by atoms with van der Waals surface area (Å²) in [6, 6.07) is 16.7. The number of nitrogens with one attached hydrogen (secondary N) is 1. The maximum absolute atomic E-state index is 13.1. The molecule has 0 radical (unpaired) electrons. The average Bonchev–Trinajstić information content (AvgIpc) is 2.90. The second-order valence-electron chi connectivity index (χ2n) is 7.68. The van der Waals surface area contributed by atoms with Crippen LogP contribution < -0.4 is 10.1 Å². The molecule has 0 fully saturated rings. The van der Waals surface area contributed by atoms with Crippen molar-refractivity contribution in [3.05, 3.63) is 95.1 Å². The third kappa shape index (κ3) is 4.94. The smallest absolute Gasteiger partial charge is 0.263 e. The lowest BCUT2D eigenvalue weighted by atomic mass is 10.1. The highest BCUT2D eigenvalue weighted by Crippen LogP contribution is 2.29. The number of fused-ring (bicyclic) bond motifs is 1. The first kappa shape index (κ1) is 21.5. The van der Waals surface area contributed by atoms with Crippen molar-refractivity contribution in [2.24, 2.45) is 0 Å². The molecule has 0 bridgehead atoms. The Bertz CT molecular complexity index is 1130. The molecule has 0 saturated heterocycles. The zero-order valence-electron chi connectivity index (χ0n) is 17.5. The molecule has 0 saturated carbocycles. The molecule has 1 N–H and O–H groups in total. The number of hydrogen-bond acceptors (Lipinski definition) is 3. The number of carbonyl (C=O) groups is 2. The van der Waals surface area contributed by atoms with Crippen LogP contribution in [0.2, 0.25) is 0 Å². The van der Waals surface area contributed by atoms with E-state index in [4.69, 9.17) is 4.74 Å². The molecule has 0 aliphatic carbocycles. The van der Waals surface area contributed by atoms with Crippen LogP contribution >= 0.6 is 0 Å². The van der Waals surface area contributed by atoms with Crippen molar-refractivity contribution in [3.63, 3.8) is 0 Å². The Kier molecular flexibility index (Phi) is 6.16. The summed E-state index contributed by atoms with van der Waals surface area (Å²) < 4.78 is 32.1. The number of nitrogens with zero attached hydrogens (tertiary/aromatic N) is 1. The quantitative estimate of drug-likeness (QED) is 0.638. The summed E-state index contributed by atoms with van der Waals surface area (Å²) >= 11 is 0. The van der Waals surface area contributed by atoms with Crippen LogP contribution in [-0.2, 0) is 17.8 Å². The van der Waals surface area contributed by atoms with Crippen molar-refractivity contribution in [1.29, 1.82) is 0 Å². The summed E-state index contributed by atoms with van der Waals surface area (Å²) in [6.07, 6.45) is -0.0705. The first-order chi connectivity index (χ1) is 15.4. The van der Waals surface area contributed by atoms with Crippen LogP contribution in [-0.4, -0.2) is 29.4 Å². The van der Waals surface area contributed by atoms with E-state index < -0.39 is 11.9 Å². The summed E-state index contributed by atoms with van der Waals surface area (Å²) in [7, 11) is 0. The maximum Gasteiger partial charge on any atom is 0.263 e. The predicted octanol–water partition coefficient (Wildman–Crippen LogP) is 4.57. The van der Waals surface area contributed by atoms with Crippen LogP contribution in [0.3, 0.4) is 0 Å². The zero-order valence-corrected chi connectivity index (χ0v) is 17.5. The molecule has 3 aromatic carbocycles. The Balaban J connectivity index is 1.50. The topological polar surface area (TPSA) is 58.6 Å². The molecular formula is C25H22F2N2O3. The molecule has 1 aliphatic rings. The SMILES string of the molecule is C[C@H]1Oc2ccc(NC(=O)c3ccc(F)cc3)cc2CN(CCc2ccc(F)cc2)C1=O. The van der Waals surface area contributed by atoms with Crippen molar-refractivity contribution < 1.29 is 23.1 Å². The van der Waals surface area contributed by atoms with Crippen LogP contribution in [0.25, 0.3) is 0 Å². The number of carbonyl (C=O) groups excluding carboxylic acids is 2. The van der Waals surface area contributed by atoms with E-state index in [1.54, 1.807) is 42.2 Å². The molecule has 0 unspecified atom stereocenters. The third-order valence-corrected chi connectivity index (χ3v) is 5.33. The Morgan fingerprint density at radius 1 is 1.03 bits per heavy atom. The van der Waals surface area contributed by atoms with E-state index in [1.165, 1.54) is 36.4 Å². The summed E-state index contributed by atoms with van der Waals surface area (Å²) in [4.78, 5) is 27.0. The van der Waals surface area contributed by atoms with E-state index in [1.807, 2.05) is 0 Å². The average molecular weight is 436 g/mol. The number of amides is 2. The molecule has 164 valence electrons. The third-order valence-electron chi connectivity index (χ3n) is 5.33. The molecule has 0 spiro atoms. The van der Waals surface area contributed by atoms with E-state index in [2.05, 4.69) is 5.32 Å². The molecule has 1 heterocycles. The van der Waals surface area contributed by atoms with Gasteiger partial charge in [-0.15, -0.1) is 0 Å². The largest absolute Gasteiger partial charge is 0.481 e. The number of hydrogen-bond donors (Lipinski definition) is 1. The van der Waals surface area contributed by atoms with Crippen LogP contribution in [0.4, 0.5) is 14.5 Å². The summed E-state index contributed by atoms with van der Waals surface area (Å²) in [6.45, 7) is 2.47. The molecular weight excluding hydrogens is 414 g/mol. The van der Waals surface area contributed by atoms with Crippen molar-refractivity contribution in [2.75, 3.05) is 11.9 Å². The van der Waals surface area contributed by atoms with Gasteiger partial charge in [0, 0.05) is 29.9 Å². The summed E-state index contributed by atoms with van der Waals surface area (Å²) in [5.74, 6) is -0.638. The molecule has 3 aromatic rings. The lowest BCUT2D eigenvalue weighted by molar-refractivity contribution is -0.137. The second kappa shape index (κ2) is 9.18. The van der Waals surface area contributed by atoms with Gasteiger partial charge in [-0.1, -0.05) is 12.1 Å². The van der Waals surface area contributed by atoms with Gasteiger partial charge in [0.1, 0.15) is 17.4 Å². The highest BCUT2D eigenvalue weighted by atomic mass is 19.1. The van der Waals surface area contributed by atoms with Crippen molar-refractivity contribution >= 4 is 17.5 Å². The molecule has 1 atom stereocenters. The fourth-order valence-corrected chi connectivity index (χ4v) is 3.59. The van der Waals surface area contributed by atoms with Gasteiger partial charge in [0.05, 0.1) is 0 Å². The van der Waals surface area contributed by atoms with Gasteiger partial charge in [0.25, 0.3) is 11.8 Å². The van der Waals surface area contributed by atoms with Gasteiger partial charge in [0.15, 0.2) is 6.10 Å². The van der Waals surface area contributed by atoms with E-state index in [0.29, 0.717) is 36.5 Å². The number of halogens is 2. The fourth-order valence-electron chi connectivity index (χ4n) is 3.59. The van der Waals surface area contributed by atoms with Crippen molar-refractivity contribution in [1.82, 2.24) is 4.90 Å². The van der Waals surface area contributed by atoms with Gasteiger partial charge in [-0.05, 0) is 73.5 Å². The lowest BCUT2D eigenvalue weighted by Crippen LogP contribution is -2.39. The van der Waals surface area contributed by atoms with Crippen molar-refractivity contribution in [2.45, 2.75) is 26.0 Å². The zero-order chi connectivity index (χ0) is 22.7. The van der Waals surface area contributed by atoms with E-state index in [9.17, 15) is 18.4 Å². The van der Waals surface area contributed by atoms with Crippen molar-refractivity contribution in [3.8, 4) is 5.75 Å². The number of rotatable bonds is 5. The maximum atomic E-state index is 13.1. The molecule has 5 nitrogen and oxygen atoms in total. The second-order valence-corrected chi connectivity index (χ2v) is 7.68.